The Hall–Kier alpha value is -1.81. The molecule has 24 heavy (non-hydrogen) atoms. The minimum absolute atomic E-state index is 0.0348. The molecule has 1 nitrogen and oxygen atoms in total. The molecule has 0 fully saturated rings. The highest BCUT2D eigenvalue weighted by molar-refractivity contribution is 8.01. The van der Waals surface area contributed by atoms with Gasteiger partial charge in [0.15, 0.2) is 27.6 Å². The lowest BCUT2D eigenvalue weighted by atomic mass is 10.1. The molecular formula is C14H4F7NS2. The molecule has 0 unspecified atom stereocenters. The molecule has 2 aromatic carbocycles. The zero-order chi connectivity index (χ0) is 17.6. The number of para-hydroxylation sites is 1. The monoisotopic (exact) mass is 383 g/mol. The Morgan fingerprint density at radius 2 is 1.46 bits per heavy atom. The first-order valence-corrected chi connectivity index (χ1v) is 7.80. The summed E-state index contributed by atoms with van der Waals surface area (Å²) in [4.78, 5) is 2.79. The lowest BCUT2D eigenvalue weighted by Gasteiger charge is -2.13. The summed E-state index contributed by atoms with van der Waals surface area (Å²) in [5.41, 5.74) is -2.11. The Balaban J connectivity index is 2.11. The van der Waals surface area contributed by atoms with E-state index in [0.717, 1.165) is 11.3 Å². The van der Waals surface area contributed by atoms with E-state index in [1.54, 1.807) is 24.3 Å². The van der Waals surface area contributed by atoms with E-state index in [0.29, 0.717) is 10.2 Å². The number of alkyl halides is 3. The van der Waals surface area contributed by atoms with E-state index in [1.807, 2.05) is 0 Å². The number of halogens is 7. The smallest absolute Gasteiger partial charge is 0.229 e. The Morgan fingerprint density at radius 1 is 0.875 bits per heavy atom. The zero-order valence-electron chi connectivity index (χ0n) is 11.2. The van der Waals surface area contributed by atoms with Gasteiger partial charge in [-0.1, -0.05) is 23.9 Å². The van der Waals surface area contributed by atoms with Gasteiger partial charge in [0.25, 0.3) is 0 Å². The fourth-order valence-electron chi connectivity index (χ4n) is 1.93. The van der Waals surface area contributed by atoms with Crippen LogP contribution < -0.4 is 0 Å². The maximum absolute atomic E-state index is 13.8. The molecule has 0 N–H and O–H groups in total. The van der Waals surface area contributed by atoms with Crippen molar-refractivity contribution >= 4 is 33.3 Å². The lowest BCUT2D eigenvalue weighted by molar-refractivity contribution is -0.143. The molecule has 0 spiro atoms. The van der Waals surface area contributed by atoms with Crippen LogP contribution in [0.3, 0.4) is 0 Å². The summed E-state index contributed by atoms with van der Waals surface area (Å²) in [5.74, 6) is -9.18. The van der Waals surface area contributed by atoms with Gasteiger partial charge < -0.3 is 0 Å². The Bertz CT molecular complexity index is 871. The standard InChI is InChI=1S/C14H4F7NS2/c15-8-7(14(19,20)21)9(16)11(18)12(10(8)17)24-13-22-5-3-1-2-4-6(5)23-13/h1-4H. The van der Waals surface area contributed by atoms with Crippen LogP contribution in [0, 0.1) is 23.3 Å². The number of hydrogen-bond acceptors (Lipinski definition) is 3. The van der Waals surface area contributed by atoms with Gasteiger partial charge in [-0.05, 0) is 12.1 Å². The maximum Gasteiger partial charge on any atom is 0.422 e. The number of fused-ring (bicyclic) bond motifs is 1. The van der Waals surface area contributed by atoms with Crippen LogP contribution in [0.1, 0.15) is 5.56 Å². The third-order valence-electron chi connectivity index (χ3n) is 2.97. The van der Waals surface area contributed by atoms with Crippen molar-refractivity contribution < 1.29 is 30.7 Å². The van der Waals surface area contributed by atoms with Crippen LogP contribution in [0.25, 0.3) is 10.2 Å². The molecule has 0 saturated carbocycles. The first kappa shape index (κ1) is 17.0. The van der Waals surface area contributed by atoms with Gasteiger partial charge in [0.2, 0.25) is 0 Å². The summed E-state index contributed by atoms with van der Waals surface area (Å²) in [5, 5.41) is 0. The highest BCUT2D eigenvalue weighted by Crippen LogP contribution is 2.42. The van der Waals surface area contributed by atoms with Crippen LogP contribution in [0.2, 0.25) is 0 Å². The van der Waals surface area contributed by atoms with E-state index in [2.05, 4.69) is 4.98 Å². The van der Waals surface area contributed by atoms with Crippen LogP contribution in [0.4, 0.5) is 30.7 Å². The van der Waals surface area contributed by atoms with Crippen molar-refractivity contribution in [1.29, 1.82) is 0 Å². The van der Waals surface area contributed by atoms with Crippen molar-refractivity contribution in [3.8, 4) is 0 Å². The third-order valence-corrected chi connectivity index (χ3v) is 5.13. The number of benzene rings is 2. The molecule has 0 aliphatic carbocycles. The van der Waals surface area contributed by atoms with Crippen LogP contribution in [-0.4, -0.2) is 4.98 Å². The van der Waals surface area contributed by atoms with E-state index in [-0.39, 0.29) is 16.1 Å². The summed E-state index contributed by atoms with van der Waals surface area (Å²) in [7, 11) is 0. The quantitative estimate of drug-likeness (QED) is 0.396. The fraction of sp³-hybridized carbons (Fsp3) is 0.0714. The molecule has 10 heteroatoms. The van der Waals surface area contributed by atoms with Crippen LogP contribution in [-0.2, 0) is 6.18 Å². The molecule has 3 rings (SSSR count). The predicted molar refractivity (Wildman–Crippen MR) is 75.0 cm³/mol. The van der Waals surface area contributed by atoms with Gasteiger partial charge in [0.05, 0.1) is 15.1 Å². The molecule has 1 aromatic heterocycles. The molecule has 0 aliphatic rings. The molecule has 1 heterocycles. The van der Waals surface area contributed by atoms with Crippen molar-refractivity contribution in [3.05, 3.63) is 53.1 Å². The predicted octanol–water partition coefficient (Wildman–Crippen LogP) is 6.02. The highest BCUT2D eigenvalue weighted by Gasteiger charge is 2.42. The number of aromatic nitrogens is 1. The molecule has 0 aliphatic heterocycles. The van der Waals surface area contributed by atoms with Crippen molar-refractivity contribution in [2.24, 2.45) is 0 Å². The highest BCUT2D eigenvalue weighted by atomic mass is 32.2. The van der Waals surface area contributed by atoms with Crippen molar-refractivity contribution in [2.45, 2.75) is 15.4 Å². The molecule has 126 valence electrons. The van der Waals surface area contributed by atoms with Gasteiger partial charge in [-0.15, -0.1) is 11.3 Å². The number of rotatable bonds is 2. The van der Waals surface area contributed by atoms with E-state index in [1.165, 1.54) is 0 Å². The van der Waals surface area contributed by atoms with Gasteiger partial charge >= 0.3 is 6.18 Å². The van der Waals surface area contributed by atoms with E-state index in [4.69, 9.17) is 0 Å². The second kappa shape index (κ2) is 5.92. The van der Waals surface area contributed by atoms with E-state index < -0.39 is 39.9 Å². The van der Waals surface area contributed by atoms with Crippen LogP contribution >= 0.6 is 23.1 Å². The van der Waals surface area contributed by atoms with E-state index >= 15 is 0 Å². The van der Waals surface area contributed by atoms with Crippen molar-refractivity contribution in [3.63, 3.8) is 0 Å². The Labute approximate surface area is 138 Å². The average Bonchev–Trinajstić information content (AvgIpc) is 2.91. The average molecular weight is 383 g/mol. The summed E-state index contributed by atoms with van der Waals surface area (Å²) in [6, 6.07) is 6.62. The molecular weight excluding hydrogens is 379 g/mol. The van der Waals surface area contributed by atoms with E-state index in [9.17, 15) is 30.7 Å². The first-order valence-electron chi connectivity index (χ1n) is 6.16. The number of nitrogens with zero attached hydrogens (tertiary/aromatic N) is 1. The first-order chi connectivity index (χ1) is 11.2. The van der Waals surface area contributed by atoms with Crippen LogP contribution in [0.5, 0.6) is 0 Å². The Kier molecular flexibility index (Phi) is 4.20. The molecule has 0 amide bonds. The molecule has 0 atom stereocenters. The summed E-state index contributed by atoms with van der Waals surface area (Å²) < 4.78 is 93.1. The Morgan fingerprint density at radius 3 is 2.00 bits per heavy atom. The zero-order valence-corrected chi connectivity index (χ0v) is 12.9. The van der Waals surface area contributed by atoms with Crippen molar-refractivity contribution in [1.82, 2.24) is 4.98 Å². The summed E-state index contributed by atoms with van der Waals surface area (Å²) in [6.45, 7) is 0. The minimum atomic E-state index is -5.56. The minimum Gasteiger partial charge on any atom is -0.229 e. The number of thiazole rings is 1. The van der Waals surface area contributed by atoms with Crippen LogP contribution in [0.15, 0.2) is 33.5 Å². The SMILES string of the molecule is Fc1c(F)c(C(F)(F)F)c(F)c(F)c1Sc1nc2ccccc2s1. The van der Waals surface area contributed by atoms with Gasteiger partial charge in [-0.3, -0.25) is 0 Å². The molecule has 3 aromatic rings. The van der Waals surface area contributed by atoms with Gasteiger partial charge in [-0.25, -0.2) is 22.5 Å². The van der Waals surface area contributed by atoms with Gasteiger partial charge in [-0.2, -0.15) is 13.2 Å². The molecule has 0 saturated heterocycles. The maximum atomic E-state index is 13.8. The molecule has 0 bridgehead atoms. The second-order valence-corrected chi connectivity index (χ2v) is 6.80. The van der Waals surface area contributed by atoms with Gasteiger partial charge in [0, 0.05) is 0 Å². The lowest BCUT2D eigenvalue weighted by Crippen LogP contribution is -2.15. The fourth-order valence-corrected chi connectivity index (χ4v) is 3.99. The summed E-state index contributed by atoms with van der Waals surface area (Å²) in [6.07, 6.45) is -5.56. The second-order valence-electron chi connectivity index (χ2n) is 4.51. The van der Waals surface area contributed by atoms with Gasteiger partial charge in [0.1, 0.15) is 5.56 Å². The van der Waals surface area contributed by atoms with Crippen molar-refractivity contribution in [2.75, 3.05) is 0 Å². The largest absolute Gasteiger partial charge is 0.422 e. The normalized spacial score (nSPS) is 12.1. The number of hydrogen-bond donors (Lipinski definition) is 0. The topological polar surface area (TPSA) is 12.9 Å². The third kappa shape index (κ3) is 2.84. The summed E-state index contributed by atoms with van der Waals surface area (Å²) >= 11 is 1.21. The molecule has 0 radical (unpaired) electrons.